The van der Waals surface area contributed by atoms with Crippen LogP contribution in [0, 0.1) is 0 Å². The first-order valence-corrected chi connectivity index (χ1v) is 6.94. The second-order valence-corrected chi connectivity index (χ2v) is 5.06. The van der Waals surface area contributed by atoms with Crippen molar-refractivity contribution in [3.8, 4) is 0 Å². The lowest BCUT2D eigenvalue weighted by atomic mass is 10.1. The quantitative estimate of drug-likeness (QED) is 0.774. The minimum Gasteiger partial charge on any atom is -0.394 e. The van der Waals surface area contributed by atoms with Crippen molar-refractivity contribution in [3.05, 3.63) is 29.8 Å². The van der Waals surface area contributed by atoms with Crippen LogP contribution in [0.1, 0.15) is 17.3 Å². The molecule has 1 saturated heterocycles. The average Bonchev–Trinajstić information content (AvgIpc) is 2.47. The number of morpholine rings is 1. The number of rotatable bonds is 5. The summed E-state index contributed by atoms with van der Waals surface area (Å²) in [5.41, 5.74) is 1.03. The van der Waals surface area contributed by atoms with Crippen LogP contribution < -0.4 is 5.32 Å². The van der Waals surface area contributed by atoms with Crippen molar-refractivity contribution in [2.24, 2.45) is 0 Å². The van der Waals surface area contributed by atoms with E-state index in [1.807, 2.05) is 4.90 Å². The highest BCUT2D eigenvalue weighted by molar-refractivity contribution is 6.04. The Morgan fingerprint density at radius 3 is 2.90 bits per heavy atom. The lowest BCUT2D eigenvalue weighted by Gasteiger charge is -2.31. The number of nitrogens with zero attached hydrogens (tertiary/aromatic N) is 1. The summed E-state index contributed by atoms with van der Waals surface area (Å²) in [4.78, 5) is 25.5. The summed E-state index contributed by atoms with van der Waals surface area (Å²) in [5.74, 6) is -0.264. The third kappa shape index (κ3) is 4.35. The van der Waals surface area contributed by atoms with E-state index in [2.05, 4.69) is 5.32 Å². The summed E-state index contributed by atoms with van der Waals surface area (Å²) in [6.07, 6.45) is -0.240. The van der Waals surface area contributed by atoms with Crippen LogP contribution in [0.4, 0.5) is 5.69 Å². The summed E-state index contributed by atoms with van der Waals surface area (Å²) < 4.78 is 5.34. The number of anilines is 1. The van der Waals surface area contributed by atoms with E-state index in [0.717, 1.165) is 0 Å². The molecule has 2 rings (SSSR count). The summed E-state index contributed by atoms with van der Waals surface area (Å²) in [6, 6.07) is 6.94. The zero-order chi connectivity index (χ0) is 15.2. The Morgan fingerprint density at radius 2 is 2.19 bits per heavy atom. The number of aliphatic hydroxyl groups excluding tert-OH is 1. The minimum atomic E-state index is -0.240. The number of hydrogen-bond donors (Lipinski definition) is 2. The Hall–Kier alpha value is -1.76. The van der Waals surface area contributed by atoms with Crippen molar-refractivity contribution in [1.29, 1.82) is 0 Å². The molecule has 2 N–H and O–H groups in total. The monoisotopic (exact) mass is 292 g/mol. The van der Waals surface area contributed by atoms with Crippen molar-refractivity contribution in [2.75, 3.05) is 38.2 Å². The number of nitrogens with one attached hydrogen (secondary N) is 1. The molecule has 1 atom stereocenters. The number of aliphatic hydroxyl groups is 1. The van der Waals surface area contributed by atoms with Crippen LogP contribution in [-0.4, -0.2) is 60.6 Å². The van der Waals surface area contributed by atoms with Crippen LogP contribution in [0.15, 0.2) is 24.3 Å². The van der Waals surface area contributed by atoms with Gasteiger partial charge in [0, 0.05) is 18.7 Å². The van der Waals surface area contributed by atoms with Gasteiger partial charge in [0.1, 0.15) is 0 Å². The third-order valence-corrected chi connectivity index (χ3v) is 3.37. The smallest absolute Gasteiger partial charge is 0.238 e. The minimum absolute atomic E-state index is 0.0503. The van der Waals surface area contributed by atoms with Crippen LogP contribution in [0.3, 0.4) is 0 Å². The highest BCUT2D eigenvalue weighted by Gasteiger charge is 2.21. The lowest BCUT2D eigenvalue weighted by Crippen LogP contribution is -2.46. The van der Waals surface area contributed by atoms with Gasteiger partial charge in [-0.2, -0.15) is 0 Å². The van der Waals surface area contributed by atoms with Gasteiger partial charge in [-0.05, 0) is 19.1 Å². The third-order valence-electron chi connectivity index (χ3n) is 3.37. The van der Waals surface area contributed by atoms with Crippen LogP contribution >= 0.6 is 0 Å². The molecule has 1 unspecified atom stereocenters. The van der Waals surface area contributed by atoms with Gasteiger partial charge in [0.25, 0.3) is 0 Å². The van der Waals surface area contributed by atoms with Gasteiger partial charge in [-0.25, -0.2) is 0 Å². The molecule has 1 aromatic rings. The van der Waals surface area contributed by atoms with Gasteiger partial charge in [-0.1, -0.05) is 12.1 Å². The fraction of sp³-hybridized carbons (Fsp3) is 0.467. The van der Waals surface area contributed by atoms with Crippen molar-refractivity contribution in [3.63, 3.8) is 0 Å². The summed E-state index contributed by atoms with van der Waals surface area (Å²) in [7, 11) is 0. The second kappa shape index (κ2) is 7.31. The van der Waals surface area contributed by atoms with E-state index >= 15 is 0 Å². The fourth-order valence-electron chi connectivity index (χ4n) is 2.33. The Morgan fingerprint density at radius 1 is 1.43 bits per heavy atom. The molecule has 1 heterocycles. The van der Waals surface area contributed by atoms with Crippen LogP contribution in [0.5, 0.6) is 0 Å². The number of Topliss-reactive ketones (excluding diaryl/α,β-unsaturated/α-hetero) is 1. The highest BCUT2D eigenvalue weighted by atomic mass is 16.5. The molecule has 6 nitrogen and oxygen atoms in total. The van der Waals surface area contributed by atoms with Gasteiger partial charge in [0.2, 0.25) is 5.91 Å². The van der Waals surface area contributed by atoms with Gasteiger partial charge in [0.15, 0.2) is 5.78 Å². The van der Waals surface area contributed by atoms with Crippen LogP contribution in [0.2, 0.25) is 0 Å². The molecule has 0 bridgehead atoms. The van der Waals surface area contributed by atoms with Crippen molar-refractivity contribution >= 4 is 17.4 Å². The Balaban J connectivity index is 1.94. The Bertz CT molecular complexity index is 518. The number of amides is 1. The number of ether oxygens (including phenoxy) is 1. The first-order valence-electron chi connectivity index (χ1n) is 6.94. The number of benzene rings is 1. The van der Waals surface area contributed by atoms with E-state index < -0.39 is 0 Å². The maximum absolute atomic E-state index is 12.1. The first kappa shape index (κ1) is 15.6. The standard InChI is InChI=1S/C15H20N2O4/c1-11(19)13-4-2-3-5-14(13)16-15(20)9-17-6-7-21-12(8-17)10-18/h2-5,12,18H,6-10H2,1H3,(H,16,20). The normalized spacial score (nSPS) is 19.2. The van der Waals surface area contributed by atoms with Crippen LogP contribution in [0.25, 0.3) is 0 Å². The maximum atomic E-state index is 12.1. The molecule has 1 aliphatic rings. The zero-order valence-corrected chi connectivity index (χ0v) is 12.0. The fourth-order valence-corrected chi connectivity index (χ4v) is 2.33. The molecule has 1 aromatic carbocycles. The molecule has 0 aromatic heterocycles. The lowest BCUT2D eigenvalue weighted by molar-refractivity contribution is -0.120. The number of carbonyl (C=O) groups excluding carboxylic acids is 2. The number of para-hydroxylation sites is 1. The van der Waals surface area contributed by atoms with Gasteiger partial charge >= 0.3 is 0 Å². The molecule has 1 amide bonds. The summed E-state index contributed by atoms with van der Waals surface area (Å²) >= 11 is 0. The van der Waals surface area contributed by atoms with Crippen molar-refractivity contribution < 1.29 is 19.4 Å². The van der Waals surface area contributed by atoms with E-state index in [1.54, 1.807) is 24.3 Å². The SMILES string of the molecule is CC(=O)c1ccccc1NC(=O)CN1CCOC(CO)C1. The molecule has 0 spiro atoms. The van der Waals surface area contributed by atoms with E-state index in [0.29, 0.717) is 30.9 Å². The number of carbonyl (C=O) groups is 2. The Labute approximate surface area is 123 Å². The van der Waals surface area contributed by atoms with Gasteiger partial charge in [-0.15, -0.1) is 0 Å². The zero-order valence-electron chi connectivity index (χ0n) is 12.0. The van der Waals surface area contributed by atoms with E-state index in [1.165, 1.54) is 6.92 Å². The molecule has 1 aliphatic heterocycles. The predicted octanol–water partition coefficient (Wildman–Crippen LogP) is 0.521. The second-order valence-electron chi connectivity index (χ2n) is 5.06. The van der Waals surface area contributed by atoms with Gasteiger partial charge in [0.05, 0.1) is 31.5 Å². The molecule has 1 fully saturated rings. The molecular weight excluding hydrogens is 272 g/mol. The first-order chi connectivity index (χ1) is 10.1. The molecule has 0 radical (unpaired) electrons. The van der Waals surface area contributed by atoms with E-state index in [-0.39, 0.29) is 30.9 Å². The molecule has 0 aliphatic carbocycles. The van der Waals surface area contributed by atoms with Crippen molar-refractivity contribution in [1.82, 2.24) is 4.90 Å². The molecule has 0 saturated carbocycles. The summed E-state index contributed by atoms with van der Waals surface area (Å²) in [6.45, 7) is 3.31. The van der Waals surface area contributed by atoms with Crippen LogP contribution in [-0.2, 0) is 9.53 Å². The van der Waals surface area contributed by atoms with E-state index in [4.69, 9.17) is 9.84 Å². The highest BCUT2D eigenvalue weighted by Crippen LogP contribution is 2.15. The molecule has 6 heteroatoms. The summed E-state index contributed by atoms with van der Waals surface area (Å²) in [5, 5.41) is 11.9. The topological polar surface area (TPSA) is 78.9 Å². The molecule has 21 heavy (non-hydrogen) atoms. The van der Waals surface area contributed by atoms with Crippen molar-refractivity contribution in [2.45, 2.75) is 13.0 Å². The number of hydrogen-bond acceptors (Lipinski definition) is 5. The molecule has 114 valence electrons. The molecular formula is C15H20N2O4. The number of ketones is 1. The average molecular weight is 292 g/mol. The predicted molar refractivity (Wildman–Crippen MR) is 78.3 cm³/mol. The van der Waals surface area contributed by atoms with E-state index in [9.17, 15) is 9.59 Å². The maximum Gasteiger partial charge on any atom is 0.238 e. The van der Waals surface area contributed by atoms with Gasteiger partial charge in [-0.3, -0.25) is 14.5 Å². The van der Waals surface area contributed by atoms with Gasteiger partial charge < -0.3 is 15.2 Å². The largest absolute Gasteiger partial charge is 0.394 e. The Kier molecular flexibility index (Phi) is 5.44.